The van der Waals surface area contributed by atoms with Gasteiger partial charge in [0.25, 0.3) is 5.91 Å². The fraction of sp³-hybridized carbons (Fsp3) is 0.667. The summed E-state index contributed by atoms with van der Waals surface area (Å²) in [5, 5.41) is 0. The molecule has 0 unspecified atom stereocenters. The summed E-state index contributed by atoms with van der Waals surface area (Å²) in [6.07, 6.45) is 2.99. The van der Waals surface area contributed by atoms with Crippen LogP contribution < -0.4 is 0 Å². The minimum atomic E-state index is -0.450. The van der Waals surface area contributed by atoms with Gasteiger partial charge in [-0.2, -0.15) is 0 Å². The molecule has 0 N–H and O–H groups in total. The highest BCUT2D eigenvalue weighted by Crippen LogP contribution is 2.31. The molecule has 4 rings (SSSR count). The zero-order valence-electron chi connectivity index (χ0n) is 14.9. The minimum Gasteiger partial charge on any atom is -0.459 e. The van der Waals surface area contributed by atoms with E-state index in [-0.39, 0.29) is 11.8 Å². The maximum absolute atomic E-state index is 12.6. The molecule has 0 aliphatic carbocycles. The Kier molecular flexibility index (Phi) is 4.97. The lowest BCUT2D eigenvalue weighted by atomic mass is 10.0. The van der Waals surface area contributed by atoms with Gasteiger partial charge in [0.2, 0.25) is 5.91 Å². The molecule has 0 saturated carbocycles. The molecule has 0 radical (unpaired) electrons. The summed E-state index contributed by atoms with van der Waals surface area (Å²) in [5.74, 6) is -0.0233. The molecule has 1 aromatic heterocycles. The van der Waals surface area contributed by atoms with Gasteiger partial charge in [0.05, 0.1) is 26.0 Å². The van der Waals surface area contributed by atoms with Gasteiger partial charge >= 0.3 is 0 Å². The van der Waals surface area contributed by atoms with Crippen LogP contribution in [0.25, 0.3) is 0 Å². The summed E-state index contributed by atoms with van der Waals surface area (Å²) in [7, 11) is 0. The molecule has 4 heterocycles. The molecule has 3 aliphatic rings. The van der Waals surface area contributed by atoms with E-state index < -0.39 is 5.79 Å². The largest absolute Gasteiger partial charge is 0.459 e. The molecule has 8 nitrogen and oxygen atoms in total. The van der Waals surface area contributed by atoms with E-state index in [0.29, 0.717) is 64.8 Å². The normalized spacial score (nSPS) is 23.5. The Bertz CT molecular complexity index is 623. The number of ether oxygens (including phenoxy) is 2. The van der Waals surface area contributed by atoms with Crippen LogP contribution in [-0.2, 0) is 14.3 Å². The summed E-state index contributed by atoms with van der Waals surface area (Å²) in [6, 6.07) is 3.39. The van der Waals surface area contributed by atoms with Crippen molar-refractivity contribution in [3.63, 3.8) is 0 Å². The van der Waals surface area contributed by atoms with E-state index in [2.05, 4.69) is 4.90 Å². The van der Waals surface area contributed by atoms with Crippen LogP contribution in [0.1, 0.15) is 23.4 Å². The van der Waals surface area contributed by atoms with E-state index in [1.54, 1.807) is 17.0 Å². The van der Waals surface area contributed by atoms with Crippen molar-refractivity contribution in [2.24, 2.45) is 0 Å². The smallest absolute Gasteiger partial charge is 0.289 e. The Hall–Kier alpha value is -1.90. The van der Waals surface area contributed by atoms with Crippen LogP contribution >= 0.6 is 0 Å². The van der Waals surface area contributed by atoms with Crippen molar-refractivity contribution in [3.05, 3.63) is 24.2 Å². The molecule has 3 saturated heterocycles. The van der Waals surface area contributed by atoms with E-state index in [4.69, 9.17) is 13.9 Å². The Morgan fingerprint density at radius 1 is 0.962 bits per heavy atom. The van der Waals surface area contributed by atoms with Crippen LogP contribution in [0.2, 0.25) is 0 Å². The summed E-state index contributed by atoms with van der Waals surface area (Å²) in [5.41, 5.74) is 0. The van der Waals surface area contributed by atoms with Crippen LogP contribution in [0.3, 0.4) is 0 Å². The van der Waals surface area contributed by atoms with Gasteiger partial charge in [-0.15, -0.1) is 0 Å². The van der Waals surface area contributed by atoms with Crippen LogP contribution in [0.15, 0.2) is 22.8 Å². The lowest BCUT2D eigenvalue weighted by Crippen LogP contribution is -2.53. The second-order valence-corrected chi connectivity index (χ2v) is 7.03. The van der Waals surface area contributed by atoms with Crippen molar-refractivity contribution in [3.8, 4) is 0 Å². The monoisotopic (exact) mass is 363 g/mol. The highest BCUT2D eigenvalue weighted by molar-refractivity contribution is 5.91. The van der Waals surface area contributed by atoms with E-state index >= 15 is 0 Å². The van der Waals surface area contributed by atoms with Crippen molar-refractivity contribution in [1.29, 1.82) is 0 Å². The first-order valence-electron chi connectivity index (χ1n) is 9.26. The third-order valence-corrected chi connectivity index (χ3v) is 5.44. The molecule has 0 atom stereocenters. The van der Waals surface area contributed by atoms with Gasteiger partial charge in [-0.05, 0) is 12.1 Å². The molecular weight excluding hydrogens is 338 g/mol. The lowest BCUT2D eigenvalue weighted by Gasteiger charge is -2.39. The Balaban J connectivity index is 1.22. The minimum absolute atomic E-state index is 0.0844. The molecular formula is C18H25N3O5. The number of likely N-dealkylation sites (tertiary alicyclic amines) is 1. The van der Waals surface area contributed by atoms with Crippen molar-refractivity contribution < 1.29 is 23.5 Å². The van der Waals surface area contributed by atoms with Crippen LogP contribution in [0.4, 0.5) is 0 Å². The van der Waals surface area contributed by atoms with Gasteiger partial charge in [-0.3, -0.25) is 14.5 Å². The maximum atomic E-state index is 12.6. The summed E-state index contributed by atoms with van der Waals surface area (Å²) in [4.78, 5) is 30.6. The summed E-state index contributed by atoms with van der Waals surface area (Å²) >= 11 is 0. The number of hydrogen-bond donors (Lipinski definition) is 0. The molecule has 0 aromatic carbocycles. The number of piperidine rings is 1. The predicted molar refractivity (Wildman–Crippen MR) is 91.5 cm³/mol. The van der Waals surface area contributed by atoms with E-state index in [0.717, 1.165) is 12.8 Å². The quantitative estimate of drug-likeness (QED) is 0.774. The van der Waals surface area contributed by atoms with E-state index in [9.17, 15) is 9.59 Å². The number of furan rings is 1. The molecule has 1 spiro atoms. The second-order valence-electron chi connectivity index (χ2n) is 7.03. The molecule has 2 amide bonds. The molecule has 0 bridgehead atoms. The predicted octanol–water partition coefficient (Wildman–Crippen LogP) is 0.403. The molecule has 3 fully saturated rings. The average Bonchev–Trinajstić information content (AvgIpc) is 3.35. The Morgan fingerprint density at radius 2 is 1.65 bits per heavy atom. The Labute approximate surface area is 152 Å². The van der Waals surface area contributed by atoms with Gasteiger partial charge in [0, 0.05) is 52.1 Å². The van der Waals surface area contributed by atoms with E-state index in [1.807, 2.05) is 4.90 Å². The SMILES string of the molecule is O=C(CN1CCN(C(=O)c2ccco2)CC1)N1CCC2(CC1)OCCO2. The van der Waals surface area contributed by atoms with Gasteiger partial charge in [0.1, 0.15) is 0 Å². The molecule has 142 valence electrons. The molecule has 8 heteroatoms. The second kappa shape index (κ2) is 7.38. The number of hydrogen-bond acceptors (Lipinski definition) is 6. The van der Waals surface area contributed by atoms with Crippen LogP contribution in [-0.4, -0.2) is 91.3 Å². The highest BCUT2D eigenvalue weighted by Gasteiger charge is 2.40. The van der Waals surface area contributed by atoms with Gasteiger partial charge in [-0.25, -0.2) is 0 Å². The van der Waals surface area contributed by atoms with Gasteiger partial charge in [0.15, 0.2) is 11.5 Å². The number of carbonyl (C=O) groups excluding carboxylic acids is 2. The lowest BCUT2D eigenvalue weighted by molar-refractivity contribution is -0.187. The van der Waals surface area contributed by atoms with E-state index in [1.165, 1.54) is 6.26 Å². The topological polar surface area (TPSA) is 75.5 Å². The van der Waals surface area contributed by atoms with Gasteiger partial charge < -0.3 is 23.7 Å². The van der Waals surface area contributed by atoms with Crippen LogP contribution in [0, 0.1) is 0 Å². The fourth-order valence-electron chi connectivity index (χ4n) is 3.84. The van der Waals surface area contributed by atoms with Crippen molar-refractivity contribution >= 4 is 11.8 Å². The molecule has 1 aromatic rings. The highest BCUT2D eigenvalue weighted by atomic mass is 16.7. The third-order valence-electron chi connectivity index (χ3n) is 5.44. The number of piperazine rings is 1. The zero-order valence-corrected chi connectivity index (χ0v) is 14.9. The number of amides is 2. The average molecular weight is 363 g/mol. The maximum Gasteiger partial charge on any atom is 0.289 e. The third kappa shape index (κ3) is 3.62. The van der Waals surface area contributed by atoms with Crippen LogP contribution in [0.5, 0.6) is 0 Å². The summed E-state index contributed by atoms with van der Waals surface area (Å²) < 4.78 is 16.6. The fourth-order valence-corrected chi connectivity index (χ4v) is 3.84. The number of rotatable bonds is 3. The first kappa shape index (κ1) is 17.5. The first-order chi connectivity index (χ1) is 12.7. The first-order valence-corrected chi connectivity index (χ1v) is 9.26. The number of nitrogens with zero attached hydrogens (tertiary/aromatic N) is 3. The number of carbonyl (C=O) groups is 2. The zero-order chi connectivity index (χ0) is 18.0. The Morgan fingerprint density at radius 3 is 2.27 bits per heavy atom. The molecule has 3 aliphatic heterocycles. The van der Waals surface area contributed by atoms with Crippen molar-refractivity contribution in [1.82, 2.24) is 14.7 Å². The standard InChI is InChI=1S/C18H25N3O5/c22-16(20-5-3-18(4-6-20)25-12-13-26-18)14-19-7-9-21(10-8-19)17(23)15-2-1-11-24-15/h1-2,11H,3-10,12-14H2. The molecule has 26 heavy (non-hydrogen) atoms. The van der Waals surface area contributed by atoms with Gasteiger partial charge in [-0.1, -0.05) is 0 Å². The van der Waals surface area contributed by atoms with Crippen molar-refractivity contribution in [2.75, 3.05) is 59.0 Å². The van der Waals surface area contributed by atoms with Crippen molar-refractivity contribution in [2.45, 2.75) is 18.6 Å². The summed E-state index contributed by atoms with van der Waals surface area (Å²) in [6.45, 7) is 5.66.